The quantitative estimate of drug-likeness (QED) is 0.400. The molecule has 0 saturated carbocycles. The lowest BCUT2D eigenvalue weighted by Crippen LogP contribution is -2.20. The van der Waals surface area contributed by atoms with E-state index in [1.54, 1.807) is 18.5 Å². The topological polar surface area (TPSA) is 101 Å². The Bertz CT molecular complexity index is 1360. The van der Waals surface area contributed by atoms with Crippen LogP contribution in [0.5, 0.6) is 5.75 Å². The van der Waals surface area contributed by atoms with Gasteiger partial charge in [-0.2, -0.15) is 5.10 Å². The first-order valence-corrected chi connectivity index (χ1v) is 11.1. The average Bonchev–Trinajstić information content (AvgIpc) is 3.35. The molecule has 4 aromatic rings. The van der Waals surface area contributed by atoms with Crippen molar-refractivity contribution in [2.24, 2.45) is 0 Å². The summed E-state index contributed by atoms with van der Waals surface area (Å²) in [6, 6.07) is 5.91. The van der Waals surface area contributed by atoms with Gasteiger partial charge in [-0.15, -0.1) is 0 Å². The zero-order valence-corrected chi connectivity index (χ0v) is 19.0. The maximum atomic E-state index is 14.8. The van der Waals surface area contributed by atoms with Crippen LogP contribution in [-0.4, -0.2) is 37.9 Å². The number of hydrogen-bond donors (Lipinski definition) is 1. The normalized spacial score (nSPS) is 15.5. The van der Waals surface area contributed by atoms with Crippen molar-refractivity contribution in [3.05, 3.63) is 59.4 Å². The molecule has 1 saturated heterocycles. The van der Waals surface area contributed by atoms with Crippen LogP contribution in [-0.2, 0) is 4.74 Å². The number of ether oxygens (including phenoxy) is 2. The van der Waals surface area contributed by atoms with Crippen LogP contribution in [0, 0.1) is 11.6 Å². The summed E-state index contributed by atoms with van der Waals surface area (Å²) >= 11 is 5.79. The zero-order chi connectivity index (χ0) is 23.8. The number of hydrogen-bond acceptors (Lipinski definition) is 7. The van der Waals surface area contributed by atoms with E-state index in [-0.39, 0.29) is 17.4 Å². The van der Waals surface area contributed by atoms with Gasteiger partial charge in [0.05, 0.1) is 16.9 Å². The molecule has 5 rings (SSSR count). The minimum Gasteiger partial charge on any atom is -0.482 e. The third kappa shape index (κ3) is 4.03. The van der Waals surface area contributed by atoms with Crippen LogP contribution in [0.15, 0.2) is 36.9 Å². The largest absolute Gasteiger partial charge is 0.482 e. The Morgan fingerprint density at radius 2 is 1.88 bits per heavy atom. The average molecular weight is 487 g/mol. The van der Waals surface area contributed by atoms with Crippen LogP contribution in [0.3, 0.4) is 0 Å². The van der Waals surface area contributed by atoms with Crippen molar-refractivity contribution >= 4 is 28.3 Å². The molecule has 2 N–H and O–H groups in total. The van der Waals surface area contributed by atoms with Gasteiger partial charge in [-0.05, 0) is 44.0 Å². The molecule has 1 aliphatic heterocycles. The summed E-state index contributed by atoms with van der Waals surface area (Å²) in [5.41, 5.74) is 6.97. The molecular formula is C23H21ClF2N6O2. The number of benzene rings is 2. The van der Waals surface area contributed by atoms with Crippen LogP contribution in [0.1, 0.15) is 37.7 Å². The highest BCUT2D eigenvalue weighted by molar-refractivity contribution is 6.31. The molecule has 3 heterocycles. The highest BCUT2D eigenvalue weighted by Gasteiger charge is 2.22. The SMILES string of the molecule is C[C@H](Oc1ccc(-c2ccc(F)c(Cl)c2F)c2ncnc(N)c12)c1ncn(C2CCOCC2)n1. The van der Waals surface area contributed by atoms with Gasteiger partial charge in [0.15, 0.2) is 17.7 Å². The van der Waals surface area contributed by atoms with E-state index >= 15 is 0 Å². The molecule has 0 bridgehead atoms. The maximum absolute atomic E-state index is 14.8. The molecule has 2 aromatic carbocycles. The van der Waals surface area contributed by atoms with E-state index in [4.69, 9.17) is 26.8 Å². The van der Waals surface area contributed by atoms with E-state index in [1.807, 2.05) is 11.6 Å². The van der Waals surface area contributed by atoms with Gasteiger partial charge < -0.3 is 15.2 Å². The van der Waals surface area contributed by atoms with E-state index < -0.39 is 22.8 Å². The number of anilines is 1. The van der Waals surface area contributed by atoms with Crippen molar-refractivity contribution < 1.29 is 18.3 Å². The highest BCUT2D eigenvalue weighted by atomic mass is 35.5. The maximum Gasteiger partial charge on any atom is 0.191 e. The predicted octanol–water partition coefficient (Wildman–Crippen LogP) is 4.89. The minimum absolute atomic E-state index is 0.0889. The fraction of sp³-hybridized carbons (Fsp3) is 0.304. The predicted molar refractivity (Wildman–Crippen MR) is 122 cm³/mol. The molecule has 1 fully saturated rings. The fourth-order valence-electron chi connectivity index (χ4n) is 4.06. The number of fused-ring (bicyclic) bond motifs is 1. The van der Waals surface area contributed by atoms with Crippen molar-refractivity contribution in [3.63, 3.8) is 0 Å². The Labute approximate surface area is 198 Å². The van der Waals surface area contributed by atoms with Gasteiger partial charge in [0, 0.05) is 24.3 Å². The Morgan fingerprint density at radius 1 is 1.12 bits per heavy atom. The third-order valence-electron chi connectivity index (χ3n) is 5.86. The standard InChI is InChI=1S/C23H21ClF2N6O2/c1-12(23-30-11-32(31-23)13-6-8-33-9-7-13)34-17-5-3-15(21-18(17)22(27)29-10-28-21)14-2-4-16(25)19(24)20(14)26/h2-5,10-13H,6-9H2,1H3,(H2,27,28,29)/t12-/m0/s1. The Kier molecular flexibility index (Phi) is 6.01. The molecule has 2 aromatic heterocycles. The molecule has 0 unspecified atom stereocenters. The van der Waals surface area contributed by atoms with Crippen molar-refractivity contribution in [1.82, 2.24) is 24.7 Å². The van der Waals surface area contributed by atoms with E-state index in [0.717, 1.165) is 18.9 Å². The number of halogens is 3. The summed E-state index contributed by atoms with van der Waals surface area (Å²) in [5.74, 6) is -0.674. The number of nitrogens with two attached hydrogens (primary N) is 1. The van der Waals surface area contributed by atoms with Gasteiger partial charge in [-0.25, -0.2) is 28.4 Å². The summed E-state index contributed by atoms with van der Waals surface area (Å²) in [7, 11) is 0. The Hall–Kier alpha value is -3.37. The number of nitrogen functional groups attached to an aromatic ring is 1. The van der Waals surface area contributed by atoms with Crippen LogP contribution in [0.4, 0.5) is 14.6 Å². The van der Waals surface area contributed by atoms with E-state index in [0.29, 0.717) is 41.3 Å². The van der Waals surface area contributed by atoms with E-state index in [9.17, 15) is 8.78 Å². The number of aromatic nitrogens is 5. The zero-order valence-electron chi connectivity index (χ0n) is 18.2. The molecule has 1 aliphatic rings. The van der Waals surface area contributed by atoms with Crippen LogP contribution in [0.25, 0.3) is 22.0 Å². The molecule has 1 atom stereocenters. The lowest BCUT2D eigenvalue weighted by atomic mass is 10.0. The first-order chi connectivity index (χ1) is 16.4. The number of rotatable bonds is 5. The lowest BCUT2D eigenvalue weighted by Gasteiger charge is -2.21. The van der Waals surface area contributed by atoms with Gasteiger partial charge >= 0.3 is 0 Å². The summed E-state index contributed by atoms with van der Waals surface area (Å²) in [5, 5.41) is 4.40. The third-order valence-corrected chi connectivity index (χ3v) is 6.21. The van der Waals surface area contributed by atoms with Crippen molar-refractivity contribution in [1.29, 1.82) is 0 Å². The molecule has 0 radical (unpaired) electrons. The van der Waals surface area contributed by atoms with Crippen molar-refractivity contribution in [2.45, 2.75) is 31.9 Å². The Balaban J connectivity index is 1.50. The van der Waals surface area contributed by atoms with E-state index in [1.165, 1.54) is 12.4 Å². The van der Waals surface area contributed by atoms with Gasteiger partial charge in [0.1, 0.15) is 35.1 Å². The molecule has 176 valence electrons. The highest BCUT2D eigenvalue weighted by Crippen LogP contribution is 2.39. The van der Waals surface area contributed by atoms with Crippen molar-refractivity contribution in [3.8, 4) is 16.9 Å². The van der Waals surface area contributed by atoms with Gasteiger partial charge in [-0.3, -0.25) is 0 Å². The Morgan fingerprint density at radius 3 is 2.68 bits per heavy atom. The summed E-state index contributed by atoms with van der Waals surface area (Å²) in [6.45, 7) is 3.22. The summed E-state index contributed by atoms with van der Waals surface area (Å²) in [6.07, 6.45) is 4.22. The summed E-state index contributed by atoms with van der Waals surface area (Å²) in [4.78, 5) is 12.8. The smallest absolute Gasteiger partial charge is 0.191 e. The first kappa shape index (κ1) is 22.4. The van der Waals surface area contributed by atoms with Crippen LogP contribution < -0.4 is 10.5 Å². The number of nitrogens with zero attached hydrogens (tertiary/aromatic N) is 5. The molecule has 0 amide bonds. The second-order valence-corrected chi connectivity index (χ2v) is 8.38. The second kappa shape index (κ2) is 9.11. The fourth-order valence-corrected chi connectivity index (χ4v) is 4.23. The monoisotopic (exact) mass is 486 g/mol. The second-order valence-electron chi connectivity index (χ2n) is 8.00. The summed E-state index contributed by atoms with van der Waals surface area (Å²) < 4.78 is 41.9. The van der Waals surface area contributed by atoms with Crippen LogP contribution in [0.2, 0.25) is 5.02 Å². The molecule has 0 aliphatic carbocycles. The van der Waals surface area contributed by atoms with Gasteiger partial charge in [0.2, 0.25) is 0 Å². The molecule has 11 heteroatoms. The van der Waals surface area contributed by atoms with Gasteiger partial charge in [-0.1, -0.05) is 11.6 Å². The first-order valence-electron chi connectivity index (χ1n) is 10.8. The molecule has 34 heavy (non-hydrogen) atoms. The lowest BCUT2D eigenvalue weighted by molar-refractivity contribution is 0.0658. The van der Waals surface area contributed by atoms with E-state index in [2.05, 4.69) is 20.1 Å². The van der Waals surface area contributed by atoms with Crippen molar-refractivity contribution in [2.75, 3.05) is 18.9 Å². The van der Waals surface area contributed by atoms with Gasteiger partial charge in [0.25, 0.3) is 0 Å². The molecule has 0 spiro atoms. The minimum atomic E-state index is -0.884. The molecular weight excluding hydrogens is 466 g/mol. The molecule has 8 nitrogen and oxygen atoms in total. The van der Waals surface area contributed by atoms with Crippen LogP contribution >= 0.6 is 11.6 Å².